The van der Waals surface area contributed by atoms with E-state index in [1.165, 1.54) is 32.1 Å². The maximum absolute atomic E-state index is 6.04. The normalized spacial score (nSPS) is 28.1. The van der Waals surface area contributed by atoms with Crippen LogP contribution in [-0.4, -0.2) is 16.5 Å². The Morgan fingerprint density at radius 1 is 1.00 bits per heavy atom. The summed E-state index contributed by atoms with van der Waals surface area (Å²) in [4.78, 5) is 0. The zero-order chi connectivity index (χ0) is 12.4. The summed E-state index contributed by atoms with van der Waals surface area (Å²) in [5, 5.41) is 0. The van der Waals surface area contributed by atoms with Crippen molar-refractivity contribution in [3.8, 4) is 0 Å². The summed E-state index contributed by atoms with van der Waals surface area (Å²) >= 11 is 4.62. The fourth-order valence-electron chi connectivity index (χ4n) is 2.66. The van der Waals surface area contributed by atoms with Crippen LogP contribution in [0.4, 0.5) is 0 Å². The molecule has 0 aromatic carbocycles. The first-order chi connectivity index (χ1) is 7.16. The van der Waals surface area contributed by atoms with Crippen molar-refractivity contribution in [2.75, 3.05) is 0 Å². The molecule has 2 heteroatoms. The lowest BCUT2D eigenvalue weighted by molar-refractivity contribution is -0.0788. The van der Waals surface area contributed by atoms with E-state index in [1.807, 2.05) is 0 Å². The molecule has 0 spiro atoms. The van der Waals surface area contributed by atoms with E-state index in [0.29, 0.717) is 6.10 Å². The summed E-state index contributed by atoms with van der Waals surface area (Å²) in [5.74, 6) is 0.854. The highest BCUT2D eigenvalue weighted by molar-refractivity contribution is 7.81. The van der Waals surface area contributed by atoms with Crippen molar-refractivity contribution in [3.05, 3.63) is 0 Å². The highest BCUT2D eigenvalue weighted by Crippen LogP contribution is 2.35. The maximum atomic E-state index is 6.04. The smallest absolute Gasteiger partial charge is 0.0602 e. The molecule has 0 atom stereocenters. The van der Waals surface area contributed by atoms with Gasteiger partial charge in [-0.3, -0.25) is 0 Å². The van der Waals surface area contributed by atoms with Crippen molar-refractivity contribution in [3.63, 3.8) is 0 Å². The molecule has 1 aliphatic rings. The van der Waals surface area contributed by atoms with Gasteiger partial charge in [-0.05, 0) is 58.8 Å². The molecule has 0 aromatic heterocycles. The molecule has 0 N–H and O–H groups in total. The van der Waals surface area contributed by atoms with E-state index in [-0.39, 0.29) is 10.3 Å². The third-order valence-electron chi connectivity index (χ3n) is 3.10. The Bertz CT molecular complexity index is 180. The molecule has 1 rings (SSSR count). The van der Waals surface area contributed by atoms with E-state index < -0.39 is 0 Å². The van der Waals surface area contributed by atoms with Gasteiger partial charge in [0.05, 0.1) is 11.7 Å². The zero-order valence-electron chi connectivity index (χ0n) is 11.5. The first-order valence-corrected chi connectivity index (χ1v) is 7.01. The van der Waals surface area contributed by atoms with Crippen molar-refractivity contribution >= 4 is 12.6 Å². The SMILES string of the molecule is CC(C)(S)CC1CCC(OC(C)(C)C)CC1. The molecule has 1 nitrogen and oxygen atoms in total. The Kier molecular flexibility index (Phi) is 4.76. The molecule has 0 unspecified atom stereocenters. The number of hydrogen-bond donors (Lipinski definition) is 1. The fourth-order valence-corrected chi connectivity index (χ4v) is 2.92. The molecule has 0 radical (unpaired) electrons. The summed E-state index contributed by atoms with van der Waals surface area (Å²) in [6, 6.07) is 0. The van der Waals surface area contributed by atoms with Crippen LogP contribution in [0.3, 0.4) is 0 Å². The van der Waals surface area contributed by atoms with Crippen LogP contribution in [0.5, 0.6) is 0 Å². The molecule has 0 aliphatic heterocycles. The minimum Gasteiger partial charge on any atom is -0.373 e. The third-order valence-corrected chi connectivity index (χ3v) is 3.28. The van der Waals surface area contributed by atoms with Crippen LogP contribution in [0.25, 0.3) is 0 Å². The first kappa shape index (κ1) is 14.4. The summed E-state index contributed by atoms with van der Waals surface area (Å²) in [6.07, 6.45) is 6.80. The van der Waals surface area contributed by atoms with Gasteiger partial charge in [0.1, 0.15) is 0 Å². The third kappa shape index (κ3) is 6.15. The van der Waals surface area contributed by atoms with Crippen LogP contribution in [0, 0.1) is 5.92 Å². The average Bonchev–Trinajstić information content (AvgIpc) is 2.03. The fraction of sp³-hybridized carbons (Fsp3) is 1.00. The lowest BCUT2D eigenvalue weighted by Crippen LogP contribution is -2.31. The van der Waals surface area contributed by atoms with Crippen LogP contribution < -0.4 is 0 Å². The number of hydrogen-bond acceptors (Lipinski definition) is 2. The van der Waals surface area contributed by atoms with Gasteiger partial charge >= 0.3 is 0 Å². The molecule has 1 saturated carbocycles. The Balaban J connectivity index is 2.29. The van der Waals surface area contributed by atoms with Gasteiger partial charge in [-0.1, -0.05) is 13.8 Å². The second kappa shape index (κ2) is 5.30. The van der Waals surface area contributed by atoms with Gasteiger partial charge in [-0.2, -0.15) is 12.6 Å². The summed E-state index contributed by atoms with van der Waals surface area (Å²) in [7, 11) is 0. The minimum atomic E-state index is 0.0142. The average molecular weight is 244 g/mol. The predicted octanol–water partition coefficient (Wildman–Crippen LogP) is 4.46. The van der Waals surface area contributed by atoms with Gasteiger partial charge in [0, 0.05) is 4.75 Å². The number of thiol groups is 1. The standard InChI is InChI=1S/C14H28OS/c1-13(2,3)15-12-8-6-11(7-9-12)10-14(4,5)16/h11-12,16H,6-10H2,1-5H3. The molecule has 0 aromatic rings. The van der Waals surface area contributed by atoms with Gasteiger partial charge in [0.15, 0.2) is 0 Å². The summed E-state index contributed by atoms with van der Waals surface area (Å²) in [5.41, 5.74) is 0.0142. The van der Waals surface area contributed by atoms with Crippen LogP contribution in [-0.2, 0) is 4.74 Å². The second-order valence-electron chi connectivity index (χ2n) is 6.89. The highest BCUT2D eigenvalue weighted by atomic mass is 32.1. The first-order valence-electron chi connectivity index (χ1n) is 6.56. The lowest BCUT2D eigenvalue weighted by Gasteiger charge is -2.35. The minimum absolute atomic E-state index is 0.0142. The molecule has 1 fully saturated rings. The van der Waals surface area contributed by atoms with E-state index >= 15 is 0 Å². The van der Waals surface area contributed by atoms with E-state index in [1.54, 1.807) is 0 Å². The molecule has 0 saturated heterocycles. The van der Waals surface area contributed by atoms with Crippen LogP contribution in [0.2, 0.25) is 0 Å². The lowest BCUT2D eigenvalue weighted by atomic mass is 9.82. The largest absolute Gasteiger partial charge is 0.373 e. The Labute approximate surface area is 107 Å². The monoisotopic (exact) mass is 244 g/mol. The van der Waals surface area contributed by atoms with E-state index in [2.05, 4.69) is 47.2 Å². The summed E-state index contributed by atoms with van der Waals surface area (Å²) in [6.45, 7) is 10.9. The molecule has 0 amide bonds. The van der Waals surface area contributed by atoms with Gasteiger partial charge in [-0.15, -0.1) is 0 Å². The van der Waals surface area contributed by atoms with Crippen LogP contribution >= 0.6 is 12.6 Å². The predicted molar refractivity (Wildman–Crippen MR) is 74.3 cm³/mol. The topological polar surface area (TPSA) is 9.23 Å². The van der Waals surface area contributed by atoms with Gasteiger partial charge in [0.25, 0.3) is 0 Å². The molecular weight excluding hydrogens is 216 g/mol. The second-order valence-corrected chi connectivity index (χ2v) is 8.10. The quantitative estimate of drug-likeness (QED) is 0.721. The van der Waals surface area contributed by atoms with Crippen molar-refractivity contribution < 1.29 is 4.74 Å². The van der Waals surface area contributed by atoms with Crippen LogP contribution in [0.15, 0.2) is 0 Å². The molecular formula is C14H28OS. The molecule has 1 aliphatic carbocycles. The molecule has 0 bridgehead atoms. The number of rotatable bonds is 3. The van der Waals surface area contributed by atoms with Crippen molar-refractivity contribution in [1.29, 1.82) is 0 Å². The maximum Gasteiger partial charge on any atom is 0.0602 e. The van der Waals surface area contributed by atoms with E-state index in [4.69, 9.17) is 4.74 Å². The van der Waals surface area contributed by atoms with E-state index in [9.17, 15) is 0 Å². The molecule has 16 heavy (non-hydrogen) atoms. The highest BCUT2D eigenvalue weighted by Gasteiger charge is 2.27. The number of ether oxygens (including phenoxy) is 1. The Hall–Kier alpha value is 0.310. The zero-order valence-corrected chi connectivity index (χ0v) is 12.4. The summed E-state index contributed by atoms with van der Waals surface area (Å²) < 4.78 is 6.22. The van der Waals surface area contributed by atoms with Crippen LogP contribution in [0.1, 0.15) is 66.7 Å². The molecule has 96 valence electrons. The van der Waals surface area contributed by atoms with Gasteiger partial charge < -0.3 is 4.74 Å². The van der Waals surface area contributed by atoms with Gasteiger partial charge in [0.2, 0.25) is 0 Å². The molecule has 0 heterocycles. The van der Waals surface area contributed by atoms with Crippen molar-refractivity contribution in [2.45, 2.75) is 83.2 Å². The Morgan fingerprint density at radius 2 is 1.50 bits per heavy atom. The van der Waals surface area contributed by atoms with Crippen molar-refractivity contribution in [1.82, 2.24) is 0 Å². The Morgan fingerprint density at radius 3 is 1.88 bits per heavy atom. The van der Waals surface area contributed by atoms with E-state index in [0.717, 1.165) is 5.92 Å². The van der Waals surface area contributed by atoms with Crippen molar-refractivity contribution in [2.24, 2.45) is 5.92 Å². The van der Waals surface area contributed by atoms with Gasteiger partial charge in [-0.25, -0.2) is 0 Å².